The molecule has 8 heteroatoms. The predicted molar refractivity (Wildman–Crippen MR) is 125 cm³/mol. The normalized spacial score (nSPS) is 11.5. The van der Waals surface area contributed by atoms with E-state index in [1.165, 1.54) is 16.7 Å². The van der Waals surface area contributed by atoms with E-state index in [1.54, 1.807) is 30.3 Å². The van der Waals surface area contributed by atoms with Gasteiger partial charge in [-0.15, -0.1) is 0 Å². The molecule has 4 aromatic rings. The summed E-state index contributed by atoms with van der Waals surface area (Å²) in [6, 6.07) is 14.5. The van der Waals surface area contributed by atoms with Crippen LogP contribution in [0.2, 0.25) is 15.1 Å². The minimum atomic E-state index is -0.638. The molecule has 31 heavy (non-hydrogen) atoms. The van der Waals surface area contributed by atoms with Gasteiger partial charge in [-0.1, -0.05) is 46.9 Å². The van der Waals surface area contributed by atoms with Gasteiger partial charge in [-0.3, -0.25) is 9.36 Å². The van der Waals surface area contributed by atoms with Gasteiger partial charge in [0.2, 0.25) is 0 Å². The molecular formula is C23H17Cl3FN3O. The molecule has 0 saturated carbocycles. The maximum absolute atomic E-state index is 14.3. The Morgan fingerprint density at radius 1 is 1.03 bits per heavy atom. The van der Waals surface area contributed by atoms with E-state index in [0.29, 0.717) is 38.7 Å². The fourth-order valence-corrected chi connectivity index (χ4v) is 3.97. The first-order chi connectivity index (χ1) is 14.8. The zero-order chi connectivity index (χ0) is 22.3. The highest BCUT2D eigenvalue weighted by atomic mass is 35.5. The third-order valence-corrected chi connectivity index (χ3v) is 5.79. The quantitative estimate of drug-likeness (QED) is 0.351. The van der Waals surface area contributed by atoms with E-state index < -0.39 is 5.82 Å². The van der Waals surface area contributed by atoms with E-state index in [2.05, 4.69) is 0 Å². The SMILES string of the molecule is CN(C)Cc1cccc(-c2nc3cc(Cl)ccc3c(=O)n2-c2ccc(Cl)c(F)c2)c1Cl. The Balaban J connectivity index is 2.09. The highest BCUT2D eigenvalue weighted by Crippen LogP contribution is 2.32. The summed E-state index contributed by atoms with van der Waals surface area (Å²) in [5.41, 5.74) is 1.77. The first-order valence-electron chi connectivity index (χ1n) is 9.36. The van der Waals surface area contributed by atoms with Crippen LogP contribution in [0.15, 0.2) is 59.4 Å². The number of hydrogen-bond donors (Lipinski definition) is 0. The molecule has 0 N–H and O–H groups in total. The molecule has 0 aliphatic heterocycles. The Bertz CT molecular complexity index is 1370. The van der Waals surface area contributed by atoms with Crippen LogP contribution in [0.25, 0.3) is 28.0 Å². The highest BCUT2D eigenvalue weighted by Gasteiger charge is 2.19. The molecule has 0 aliphatic rings. The van der Waals surface area contributed by atoms with E-state index in [0.717, 1.165) is 5.56 Å². The summed E-state index contributed by atoms with van der Waals surface area (Å²) in [4.78, 5) is 20.2. The highest BCUT2D eigenvalue weighted by molar-refractivity contribution is 6.34. The largest absolute Gasteiger partial charge is 0.305 e. The van der Waals surface area contributed by atoms with Crippen molar-refractivity contribution in [2.45, 2.75) is 6.54 Å². The van der Waals surface area contributed by atoms with Crippen molar-refractivity contribution in [3.63, 3.8) is 0 Å². The average Bonchev–Trinajstić information content (AvgIpc) is 2.71. The van der Waals surface area contributed by atoms with Gasteiger partial charge in [0.05, 0.1) is 26.6 Å². The smallest absolute Gasteiger partial charge is 0.266 e. The van der Waals surface area contributed by atoms with Crippen molar-refractivity contribution in [1.82, 2.24) is 14.5 Å². The second kappa shape index (κ2) is 8.60. The lowest BCUT2D eigenvalue weighted by atomic mass is 10.1. The zero-order valence-corrected chi connectivity index (χ0v) is 18.9. The molecule has 1 aromatic heterocycles. The minimum absolute atomic E-state index is 0.0371. The number of benzene rings is 3. The van der Waals surface area contributed by atoms with Crippen molar-refractivity contribution in [2.24, 2.45) is 0 Å². The topological polar surface area (TPSA) is 38.1 Å². The van der Waals surface area contributed by atoms with Gasteiger partial charge < -0.3 is 4.90 Å². The van der Waals surface area contributed by atoms with Crippen LogP contribution in [0.3, 0.4) is 0 Å². The maximum atomic E-state index is 14.3. The van der Waals surface area contributed by atoms with E-state index >= 15 is 0 Å². The van der Waals surface area contributed by atoms with E-state index in [-0.39, 0.29) is 16.4 Å². The van der Waals surface area contributed by atoms with Crippen LogP contribution in [0.1, 0.15) is 5.56 Å². The lowest BCUT2D eigenvalue weighted by Crippen LogP contribution is -2.22. The summed E-state index contributed by atoms with van der Waals surface area (Å²) in [5, 5.41) is 1.23. The number of nitrogens with zero attached hydrogens (tertiary/aromatic N) is 3. The molecule has 0 radical (unpaired) electrons. The summed E-state index contributed by atoms with van der Waals surface area (Å²) < 4.78 is 15.6. The van der Waals surface area contributed by atoms with Crippen LogP contribution in [0.5, 0.6) is 0 Å². The average molecular weight is 477 g/mol. The summed E-state index contributed by atoms with van der Waals surface area (Å²) >= 11 is 18.7. The Morgan fingerprint density at radius 2 is 1.81 bits per heavy atom. The molecule has 3 aromatic carbocycles. The second-order valence-electron chi connectivity index (χ2n) is 7.35. The Kier molecular flexibility index (Phi) is 6.04. The van der Waals surface area contributed by atoms with Gasteiger partial charge >= 0.3 is 0 Å². The van der Waals surface area contributed by atoms with Gasteiger partial charge in [-0.2, -0.15) is 0 Å². The van der Waals surface area contributed by atoms with Crippen LogP contribution in [0.4, 0.5) is 4.39 Å². The molecule has 0 saturated heterocycles. The molecule has 158 valence electrons. The lowest BCUT2D eigenvalue weighted by molar-refractivity contribution is 0.402. The van der Waals surface area contributed by atoms with Crippen LogP contribution in [-0.2, 0) is 6.54 Å². The number of rotatable bonds is 4. The van der Waals surface area contributed by atoms with Crippen LogP contribution in [-0.4, -0.2) is 28.5 Å². The van der Waals surface area contributed by atoms with E-state index in [1.807, 2.05) is 31.1 Å². The van der Waals surface area contributed by atoms with Crippen molar-refractivity contribution >= 4 is 45.7 Å². The minimum Gasteiger partial charge on any atom is -0.305 e. The monoisotopic (exact) mass is 475 g/mol. The maximum Gasteiger partial charge on any atom is 0.266 e. The molecule has 0 amide bonds. The molecule has 1 heterocycles. The van der Waals surface area contributed by atoms with Gasteiger partial charge in [0.1, 0.15) is 11.6 Å². The molecule has 0 fully saturated rings. The molecule has 0 atom stereocenters. The van der Waals surface area contributed by atoms with Crippen LogP contribution >= 0.6 is 34.8 Å². The van der Waals surface area contributed by atoms with Crippen molar-refractivity contribution in [3.05, 3.63) is 91.4 Å². The molecule has 4 rings (SSSR count). The summed E-state index contributed by atoms with van der Waals surface area (Å²) in [6.45, 7) is 0.603. The molecule has 0 unspecified atom stereocenters. The fraction of sp³-hybridized carbons (Fsp3) is 0.130. The molecule has 0 bridgehead atoms. The number of aromatic nitrogens is 2. The van der Waals surface area contributed by atoms with Gasteiger partial charge in [-0.25, -0.2) is 9.37 Å². The molecule has 0 aliphatic carbocycles. The number of hydrogen-bond acceptors (Lipinski definition) is 3. The fourth-order valence-electron chi connectivity index (χ4n) is 3.42. The molecular weight excluding hydrogens is 460 g/mol. The first kappa shape index (κ1) is 21.8. The Hall–Kier alpha value is -2.44. The summed E-state index contributed by atoms with van der Waals surface area (Å²) in [5.74, 6) is -0.354. The van der Waals surface area contributed by atoms with Crippen molar-refractivity contribution < 1.29 is 4.39 Å². The molecule has 4 nitrogen and oxygen atoms in total. The van der Waals surface area contributed by atoms with Gasteiger partial charge in [-0.05, 0) is 62.1 Å². The lowest BCUT2D eigenvalue weighted by Gasteiger charge is -2.17. The standard InChI is InChI=1S/C23H17Cl3FN3O/c1-29(2)12-13-4-3-5-17(21(13)26)22-28-20-10-14(24)6-8-16(20)23(31)30(22)15-7-9-18(25)19(27)11-15/h3-11H,12H2,1-2H3. The zero-order valence-electron chi connectivity index (χ0n) is 16.7. The second-order valence-corrected chi connectivity index (χ2v) is 8.57. The summed E-state index contributed by atoms with van der Waals surface area (Å²) in [7, 11) is 3.87. The first-order valence-corrected chi connectivity index (χ1v) is 10.5. The number of halogens is 4. The van der Waals surface area contributed by atoms with Crippen LogP contribution in [0, 0.1) is 5.82 Å². The predicted octanol–water partition coefficient (Wildman–Crippen LogP) is 6.21. The van der Waals surface area contributed by atoms with Crippen molar-refractivity contribution in [3.8, 4) is 17.1 Å². The van der Waals surface area contributed by atoms with E-state index in [4.69, 9.17) is 39.8 Å². The third kappa shape index (κ3) is 4.19. The van der Waals surface area contributed by atoms with Gasteiger partial charge in [0, 0.05) is 17.1 Å². The molecule has 0 spiro atoms. The Morgan fingerprint density at radius 3 is 2.52 bits per heavy atom. The van der Waals surface area contributed by atoms with Crippen LogP contribution < -0.4 is 5.56 Å². The summed E-state index contributed by atoms with van der Waals surface area (Å²) in [6.07, 6.45) is 0. The van der Waals surface area contributed by atoms with E-state index in [9.17, 15) is 9.18 Å². The Labute approximate surface area is 193 Å². The third-order valence-electron chi connectivity index (χ3n) is 4.80. The number of fused-ring (bicyclic) bond motifs is 1. The van der Waals surface area contributed by atoms with Gasteiger partial charge in [0.15, 0.2) is 0 Å². The van der Waals surface area contributed by atoms with Crippen molar-refractivity contribution in [2.75, 3.05) is 14.1 Å². The van der Waals surface area contributed by atoms with Crippen molar-refractivity contribution in [1.29, 1.82) is 0 Å². The van der Waals surface area contributed by atoms with Gasteiger partial charge in [0.25, 0.3) is 5.56 Å².